The molecule has 156 valence electrons. The molecule has 1 aliphatic heterocycles. The Morgan fingerprint density at radius 3 is 2.61 bits per heavy atom. The number of thiophene rings is 1. The first-order valence-corrected chi connectivity index (χ1v) is 10.3. The van der Waals surface area contributed by atoms with Crippen LogP contribution in [-0.4, -0.2) is 58.0 Å². The van der Waals surface area contributed by atoms with E-state index in [1.807, 2.05) is 34.6 Å². The van der Waals surface area contributed by atoms with E-state index in [4.69, 9.17) is 4.74 Å². The van der Waals surface area contributed by atoms with Crippen molar-refractivity contribution in [1.82, 2.24) is 9.80 Å². The smallest absolute Gasteiger partial charge is 0.410 e. The highest BCUT2D eigenvalue weighted by Crippen LogP contribution is 2.27. The summed E-state index contributed by atoms with van der Waals surface area (Å²) in [5.74, 6) is -0.0428. The van der Waals surface area contributed by atoms with E-state index in [2.05, 4.69) is 0 Å². The maximum atomic E-state index is 12.7. The summed E-state index contributed by atoms with van der Waals surface area (Å²) in [6, 6.07) is 2.86. The minimum atomic E-state index is -0.563. The summed E-state index contributed by atoms with van der Waals surface area (Å²) in [6.07, 6.45) is 1.41. The van der Waals surface area contributed by atoms with Crippen molar-refractivity contribution in [3.8, 4) is 0 Å². The molecule has 1 fully saturated rings. The highest BCUT2D eigenvalue weighted by molar-refractivity contribution is 7.17. The van der Waals surface area contributed by atoms with Crippen molar-refractivity contribution in [2.45, 2.75) is 59.1 Å². The minimum absolute atomic E-state index is 0.0131. The third-order valence-electron chi connectivity index (χ3n) is 4.49. The van der Waals surface area contributed by atoms with Crippen molar-refractivity contribution in [2.24, 2.45) is 5.92 Å². The first-order chi connectivity index (χ1) is 13.0. The second kappa shape index (κ2) is 8.89. The summed E-state index contributed by atoms with van der Waals surface area (Å²) < 4.78 is 5.52. The number of hydrogen-bond donors (Lipinski definition) is 0. The van der Waals surface area contributed by atoms with E-state index >= 15 is 0 Å². The molecule has 1 aromatic heterocycles. The van der Waals surface area contributed by atoms with Crippen molar-refractivity contribution in [3.05, 3.63) is 27.1 Å². The third kappa shape index (κ3) is 5.92. The van der Waals surface area contributed by atoms with Gasteiger partial charge in [0, 0.05) is 31.7 Å². The van der Waals surface area contributed by atoms with Gasteiger partial charge in [0.25, 0.3) is 5.91 Å². The zero-order valence-corrected chi connectivity index (χ0v) is 18.0. The van der Waals surface area contributed by atoms with Crippen molar-refractivity contribution >= 4 is 28.3 Å². The number of nitrogens with zero attached hydrogens (tertiary/aromatic N) is 3. The van der Waals surface area contributed by atoms with Gasteiger partial charge in [-0.3, -0.25) is 14.9 Å². The topological polar surface area (TPSA) is 93.0 Å². The van der Waals surface area contributed by atoms with Crippen LogP contribution in [0.15, 0.2) is 12.1 Å². The van der Waals surface area contributed by atoms with Gasteiger partial charge in [0.2, 0.25) is 0 Å². The zero-order chi connectivity index (χ0) is 21.1. The van der Waals surface area contributed by atoms with Crippen LogP contribution in [0.2, 0.25) is 0 Å². The highest BCUT2D eigenvalue weighted by Gasteiger charge is 2.31. The molecule has 0 N–H and O–H groups in total. The number of nitro groups is 1. The Morgan fingerprint density at radius 2 is 2.07 bits per heavy atom. The van der Waals surface area contributed by atoms with E-state index < -0.39 is 10.5 Å². The van der Waals surface area contributed by atoms with Gasteiger partial charge in [0.05, 0.1) is 9.80 Å². The number of ether oxygens (including phenoxy) is 1. The molecule has 9 heteroatoms. The molecule has 0 radical (unpaired) electrons. The number of carbonyl (C=O) groups excluding carboxylic acids is 2. The first-order valence-electron chi connectivity index (χ1n) is 9.51. The minimum Gasteiger partial charge on any atom is -0.444 e. The van der Waals surface area contributed by atoms with E-state index in [1.165, 1.54) is 12.1 Å². The molecule has 0 spiro atoms. The Morgan fingerprint density at radius 1 is 1.39 bits per heavy atom. The molecule has 0 bridgehead atoms. The Hall–Kier alpha value is -2.16. The molecule has 2 amide bonds. The maximum absolute atomic E-state index is 12.7. The van der Waals surface area contributed by atoms with Crippen LogP contribution in [0.5, 0.6) is 0 Å². The molecular weight excluding hydrogens is 382 g/mol. The van der Waals surface area contributed by atoms with Gasteiger partial charge >= 0.3 is 11.1 Å². The summed E-state index contributed by atoms with van der Waals surface area (Å²) in [6.45, 7) is 11.1. The lowest BCUT2D eigenvalue weighted by atomic mass is 9.97. The molecular formula is C19H29N3O5S. The van der Waals surface area contributed by atoms with Gasteiger partial charge in [-0.25, -0.2) is 4.79 Å². The van der Waals surface area contributed by atoms with E-state index in [9.17, 15) is 19.7 Å². The van der Waals surface area contributed by atoms with Gasteiger partial charge in [-0.2, -0.15) is 0 Å². The second-order valence-corrected chi connectivity index (χ2v) is 9.44. The Labute approximate surface area is 169 Å². The van der Waals surface area contributed by atoms with Crippen molar-refractivity contribution < 1.29 is 19.2 Å². The van der Waals surface area contributed by atoms with Gasteiger partial charge in [-0.1, -0.05) is 11.3 Å². The second-order valence-electron chi connectivity index (χ2n) is 8.38. The molecule has 1 unspecified atom stereocenters. The van der Waals surface area contributed by atoms with Crippen molar-refractivity contribution in [1.29, 1.82) is 0 Å². The van der Waals surface area contributed by atoms with Gasteiger partial charge in [0.15, 0.2) is 0 Å². The molecule has 1 atom stereocenters. The van der Waals surface area contributed by atoms with Crippen LogP contribution in [0.25, 0.3) is 0 Å². The predicted molar refractivity (Wildman–Crippen MR) is 108 cm³/mol. The molecule has 28 heavy (non-hydrogen) atoms. The predicted octanol–water partition coefficient (Wildman–Crippen LogP) is 4.15. The van der Waals surface area contributed by atoms with Crippen LogP contribution >= 0.6 is 11.3 Å². The molecule has 1 aromatic rings. The molecule has 8 nitrogen and oxygen atoms in total. The first kappa shape index (κ1) is 22.1. The lowest BCUT2D eigenvalue weighted by Gasteiger charge is -2.37. The number of carbonyl (C=O) groups is 2. The lowest BCUT2D eigenvalue weighted by Crippen LogP contribution is -2.48. The number of piperidine rings is 1. The fourth-order valence-electron chi connectivity index (χ4n) is 3.19. The van der Waals surface area contributed by atoms with Crippen LogP contribution in [-0.2, 0) is 4.74 Å². The van der Waals surface area contributed by atoms with Crippen LogP contribution in [0, 0.1) is 16.0 Å². The van der Waals surface area contributed by atoms with E-state index in [0.717, 1.165) is 24.2 Å². The van der Waals surface area contributed by atoms with Crippen LogP contribution in [0.4, 0.5) is 9.80 Å². The standard InChI is InChI=1S/C19H29N3O5S/c1-13(2)21(18(24)27-19(3,4)5)12-14-7-6-10-20(11-14)17(23)15-8-9-16(28-15)22(25)26/h8-9,13-14H,6-7,10-12H2,1-5H3. The molecule has 1 aliphatic rings. The number of hydrogen-bond acceptors (Lipinski definition) is 6. The maximum Gasteiger partial charge on any atom is 0.410 e. The van der Waals surface area contributed by atoms with E-state index in [0.29, 0.717) is 24.5 Å². The summed E-state index contributed by atoms with van der Waals surface area (Å²) in [5, 5.41) is 10.8. The average Bonchev–Trinajstić information content (AvgIpc) is 3.07. The quantitative estimate of drug-likeness (QED) is 0.536. The molecule has 2 heterocycles. The number of rotatable bonds is 5. The van der Waals surface area contributed by atoms with Crippen LogP contribution < -0.4 is 0 Å². The summed E-state index contributed by atoms with van der Waals surface area (Å²) in [5.41, 5.74) is -0.563. The van der Waals surface area contributed by atoms with Crippen LogP contribution in [0.3, 0.4) is 0 Å². The van der Waals surface area contributed by atoms with E-state index in [-0.39, 0.29) is 29.0 Å². The monoisotopic (exact) mass is 411 g/mol. The van der Waals surface area contributed by atoms with Crippen LogP contribution in [0.1, 0.15) is 57.1 Å². The number of likely N-dealkylation sites (tertiary alicyclic amines) is 1. The summed E-state index contributed by atoms with van der Waals surface area (Å²) in [7, 11) is 0. The normalized spacial score (nSPS) is 17.5. The SMILES string of the molecule is CC(C)N(CC1CCCN(C(=O)c2ccc([N+](=O)[O-])s2)C1)C(=O)OC(C)(C)C. The molecule has 1 saturated heterocycles. The highest BCUT2D eigenvalue weighted by atomic mass is 32.1. The van der Waals surface area contributed by atoms with E-state index in [1.54, 1.807) is 9.80 Å². The molecule has 0 saturated carbocycles. The Bertz CT molecular complexity index is 725. The van der Waals surface area contributed by atoms with Gasteiger partial charge < -0.3 is 14.5 Å². The van der Waals surface area contributed by atoms with Gasteiger partial charge in [0.1, 0.15) is 5.60 Å². The third-order valence-corrected chi connectivity index (χ3v) is 5.52. The Kier molecular flexibility index (Phi) is 7.03. The fourth-order valence-corrected chi connectivity index (χ4v) is 3.98. The van der Waals surface area contributed by atoms with Gasteiger partial charge in [-0.05, 0) is 59.4 Å². The molecule has 0 aliphatic carbocycles. The van der Waals surface area contributed by atoms with Crippen molar-refractivity contribution in [3.63, 3.8) is 0 Å². The molecule has 0 aromatic carbocycles. The molecule has 2 rings (SSSR count). The number of amides is 2. The Balaban J connectivity index is 2.03. The lowest BCUT2D eigenvalue weighted by molar-refractivity contribution is -0.380. The van der Waals surface area contributed by atoms with Gasteiger partial charge in [-0.15, -0.1) is 0 Å². The average molecular weight is 412 g/mol. The fraction of sp³-hybridized carbons (Fsp3) is 0.684. The summed E-state index contributed by atoms with van der Waals surface area (Å²) in [4.78, 5) is 39.5. The van der Waals surface area contributed by atoms with Crippen molar-refractivity contribution in [2.75, 3.05) is 19.6 Å². The zero-order valence-electron chi connectivity index (χ0n) is 17.1. The largest absolute Gasteiger partial charge is 0.444 e. The summed E-state index contributed by atoms with van der Waals surface area (Å²) >= 11 is 0.899.